The summed E-state index contributed by atoms with van der Waals surface area (Å²) >= 11 is 0. The van der Waals surface area contributed by atoms with E-state index in [1.54, 1.807) is 16.4 Å². The first-order valence-corrected chi connectivity index (χ1v) is 8.14. The molecule has 2 unspecified atom stereocenters. The molecule has 1 N–H and O–H groups in total. The number of rotatable bonds is 4. The first-order chi connectivity index (χ1) is 8.95. The summed E-state index contributed by atoms with van der Waals surface area (Å²) in [6.45, 7) is 5.46. The van der Waals surface area contributed by atoms with Crippen LogP contribution < -0.4 is 5.32 Å². The SMILES string of the molecule is CNCc1ccc(S(=O)(=O)N2CC(C)CC2C)cc1. The Bertz CT molecular complexity index is 525. The molecule has 0 saturated carbocycles. The van der Waals surface area contributed by atoms with Crippen molar-refractivity contribution < 1.29 is 8.42 Å². The molecule has 0 spiro atoms. The first-order valence-electron chi connectivity index (χ1n) is 6.70. The van der Waals surface area contributed by atoms with Gasteiger partial charge < -0.3 is 5.32 Å². The van der Waals surface area contributed by atoms with E-state index >= 15 is 0 Å². The molecule has 4 nitrogen and oxygen atoms in total. The van der Waals surface area contributed by atoms with Crippen LogP contribution in [0.15, 0.2) is 29.2 Å². The number of hydrogen-bond acceptors (Lipinski definition) is 3. The van der Waals surface area contributed by atoms with E-state index in [-0.39, 0.29) is 6.04 Å². The van der Waals surface area contributed by atoms with Crippen molar-refractivity contribution in [1.82, 2.24) is 9.62 Å². The largest absolute Gasteiger partial charge is 0.316 e. The molecule has 19 heavy (non-hydrogen) atoms. The zero-order valence-corrected chi connectivity index (χ0v) is 12.6. The van der Waals surface area contributed by atoms with Crippen LogP contribution in [0.5, 0.6) is 0 Å². The predicted molar refractivity (Wildman–Crippen MR) is 76.3 cm³/mol. The average Bonchev–Trinajstić information content (AvgIpc) is 2.70. The fraction of sp³-hybridized carbons (Fsp3) is 0.571. The van der Waals surface area contributed by atoms with Crippen molar-refractivity contribution in [2.75, 3.05) is 13.6 Å². The van der Waals surface area contributed by atoms with Crippen LogP contribution in [-0.2, 0) is 16.6 Å². The lowest BCUT2D eigenvalue weighted by Gasteiger charge is -2.21. The second kappa shape index (κ2) is 5.61. The summed E-state index contributed by atoms with van der Waals surface area (Å²) in [5.74, 6) is 0.438. The summed E-state index contributed by atoms with van der Waals surface area (Å²) in [5, 5.41) is 3.05. The third-order valence-electron chi connectivity index (χ3n) is 3.64. The highest BCUT2D eigenvalue weighted by atomic mass is 32.2. The van der Waals surface area contributed by atoms with Crippen LogP contribution in [0.25, 0.3) is 0 Å². The summed E-state index contributed by atoms with van der Waals surface area (Å²) in [7, 11) is -1.47. The van der Waals surface area contributed by atoms with Crippen LogP contribution in [0.1, 0.15) is 25.8 Å². The van der Waals surface area contributed by atoms with Gasteiger partial charge in [0.05, 0.1) is 4.90 Å². The molecular formula is C14H22N2O2S. The molecule has 1 aromatic rings. The minimum absolute atomic E-state index is 0.0944. The van der Waals surface area contributed by atoms with E-state index < -0.39 is 10.0 Å². The maximum absolute atomic E-state index is 12.6. The Morgan fingerprint density at radius 3 is 2.37 bits per heavy atom. The lowest BCUT2D eigenvalue weighted by atomic mass is 10.1. The van der Waals surface area contributed by atoms with Gasteiger partial charge in [-0.3, -0.25) is 0 Å². The van der Waals surface area contributed by atoms with Gasteiger partial charge in [-0.2, -0.15) is 4.31 Å². The molecule has 1 saturated heterocycles. The molecule has 0 aromatic heterocycles. The molecule has 1 fully saturated rings. The van der Waals surface area contributed by atoms with Crippen molar-refractivity contribution in [2.45, 2.75) is 37.8 Å². The summed E-state index contributed by atoms with van der Waals surface area (Å²) in [6.07, 6.45) is 0.942. The molecule has 2 atom stereocenters. The van der Waals surface area contributed by atoms with Crippen molar-refractivity contribution >= 4 is 10.0 Å². The van der Waals surface area contributed by atoms with Gasteiger partial charge in [0.2, 0.25) is 10.0 Å². The fourth-order valence-corrected chi connectivity index (χ4v) is 4.48. The zero-order valence-electron chi connectivity index (χ0n) is 11.8. The lowest BCUT2D eigenvalue weighted by Crippen LogP contribution is -2.34. The summed E-state index contributed by atoms with van der Waals surface area (Å²) in [4.78, 5) is 0.397. The molecule has 0 amide bonds. The van der Waals surface area contributed by atoms with Crippen molar-refractivity contribution in [1.29, 1.82) is 0 Å². The van der Waals surface area contributed by atoms with Crippen molar-refractivity contribution in [3.05, 3.63) is 29.8 Å². The van der Waals surface area contributed by atoms with Gasteiger partial charge in [-0.25, -0.2) is 8.42 Å². The normalized spacial score (nSPS) is 24.8. The summed E-state index contributed by atoms with van der Waals surface area (Å²) in [5.41, 5.74) is 1.09. The van der Waals surface area contributed by atoms with E-state index in [4.69, 9.17) is 0 Å². The minimum Gasteiger partial charge on any atom is -0.316 e. The highest BCUT2D eigenvalue weighted by Gasteiger charge is 2.35. The third kappa shape index (κ3) is 2.99. The Kier molecular flexibility index (Phi) is 4.28. The van der Waals surface area contributed by atoms with Crippen LogP contribution in [0.4, 0.5) is 0 Å². The van der Waals surface area contributed by atoms with Crippen molar-refractivity contribution in [2.24, 2.45) is 5.92 Å². The highest BCUT2D eigenvalue weighted by molar-refractivity contribution is 7.89. The highest BCUT2D eigenvalue weighted by Crippen LogP contribution is 2.29. The molecule has 0 bridgehead atoms. The quantitative estimate of drug-likeness (QED) is 0.916. The van der Waals surface area contributed by atoms with Crippen LogP contribution in [0, 0.1) is 5.92 Å². The molecule has 0 radical (unpaired) electrons. The molecule has 1 heterocycles. The van der Waals surface area contributed by atoms with Gasteiger partial charge in [0.15, 0.2) is 0 Å². The summed E-state index contributed by atoms with van der Waals surface area (Å²) < 4.78 is 26.8. The number of nitrogens with zero attached hydrogens (tertiary/aromatic N) is 1. The molecule has 1 aliphatic heterocycles. The first kappa shape index (κ1) is 14.5. The van der Waals surface area contributed by atoms with Gasteiger partial charge in [-0.1, -0.05) is 19.1 Å². The van der Waals surface area contributed by atoms with Gasteiger partial charge in [-0.15, -0.1) is 0 Å². The van der Waals surface area contributed by atoms with Crippen LogP contribution >= 0.6 is 0 Å². The van der Waals surface area contributed by atoms with Crippen molar-refractivity contribution in [3.8, 4) is 0 Å². The van der Waals surface area contributed by atoms with Gasteiger partial charge in [0.1, 0.15) is 0 Å². The van der Waals surface area contributed by atoms with Gasteiger partial charge in [0, 0.05) is 19.1 Å². The molecule has 1 aromatic carbocycles. The standard InChI is InChI=1S/C14H22N2O2S/c1-11-8-12(2)16(10-11)19(17,18)14-6-4-13(5-7-14)9-15-3/h4-7,11-12,15H,8-10H2,1-3H3. The topological polar surface area (TPSA) is 49.4 Å². The Hall–Kier alpha value is -0.910. The zero-order chi connectivity index (χ0) is 14.0. The Morgan fingerprint density at radius 1 is 1.26 bits per heavy atom. The van der Waals surface area contributed by atoms with E-state index in [0.29, 0.717) is 17.4 Å². The van der Waals surface area contributed by atoms with Gasteiger partial charge in [0.25, 0.3) is 0 Å². The molecular weight excluding hydrogens is 260 g/mol. The van der Waals surface area contributed by atoms with E-state index in [2.05, 4.69) is 12.2 Å². The molecule has 2 rings (SSSR count). The van der Waals surface area contributed by atoms with E-state index in [1.807, 2.05) is 26.1 Å². The number of benzene rings is 1. The number of hydrogen-bond donors (Lipinski definition) is 1. The van der Waals surface area contributed by atoms with Crippen LogP contribution in [-0.4, -0.2) is 32.4 Å². The molecule has 106 valence electrons. The second-order valence-corrected chi connectivity index (χ2v) is 7.33. The number of nitrogens with one attached hydrogen (secondary N) is 1. The Balaban J connectivity index is 2.24. The van der Waals surface area contributed by atoms with Crippen LogP contribution in [0.3, 0.4) is 0 Å². The smallest absolute Gasteiger partial charge is 0.243 e. The third-order valence-corrected chi connectivity index (χ3v) is 5.63. The predicted octanol–water partition coefficient (Wildman–Crippen LogP) is 1.82. The average molecular weight is 282 g/mol. The molecule has 0 aliphatic carbocycles. The van der Waals surface area contributed by atoms with Gasteiger partial charge >= 0.3 is 0 Å². The Labute approximate surface area is 115 Å². The lowest BCUT2D eigenvalue weighted by molar-refractivity contribution is 0.405. The van der Waals surface area contributed by atoms with E-state index in [9.17, 15) is 8.42 Å². The minimum atomic E-state index is -3.34. The molecule has 5 heteroatoms. The van der Waals surface area contributed by atoms with E-state index in [1.165, 1.54) is 0 Å². The fourth-order valence-electron chi connectivity index (χ4n) is 2.72. The monoisotopic (exact) mass is 282 g/mol. The van der Waals surface area contributed by atoms with Gasteiger partial charge in [-0.05, 0) is 44.0 Å². The maximum Gasteiger partial charge on any atom is 0.243 e. The van der Waals surface area contributed by atoms with Crippen LogP contribution in [0.2, 0.25) is 0 Å². The maximum atomic E-state index is 12.6. The second-order valence-electron chi connectivity index (χ2n) is 5.44. The number of sulfonamides is 1. The van der Waals surface area contributed by atoms with E-state index in [0.717, 1.165) is 18.5 Å². The Morgan fingerprint density at radius 2 is 1.89 bits per heavy atom. The summed E-state index contributed by atoms with van der Waals surface area (Å²) in [6, 6.07) is 7.24. The van der Waals surface area contributed by atoms with Crippen molar-refractivity contribution in [3.63, 3.8) is 0 Å². The molecule has 1 aliphatic rings.